The van der Waals surface area contributed by atoms with Crippen molar-refractivity contribution < 1.29 is 8.78 Å². The molecule has 2 aromatic rings. The van der Waals surface area contributed by atoms with E-state index in [1.54, 1.807) is 24.3 Å². The molecule has 0 fully saturated rings. The first-order valence-electron chi connectivity index (χ1n) is 5.92. The van der Waals surface area contributed by atoms with Crippen LogP contribution in [0.2, 0.25) is 0 Å². The Morgan fingerprint density at radius 3 is 2.40 bits per heavy atom. The number of nitriles is 1. The van der Waals surface area contributed by atoms with E-state index in [4.69, 9.17) is 5.26 Å². The fourth-order valence-electron chi connectivity index (χ4n) is 1.80. The fourth-order valence-corrected chi connectivity index (χ4v) is 2.11. The van der Waals surface area contributed by atoms with E-state index in [1.807, 2.05) is 13.0 Å². The van der Waals surface area contributed by atoms with E-state index in [0.29, 0.717) is 5.56 Å². The van der Waals surface area contributed by atoms with Gasteiger partial charge in [-0.25, -0.2) is 8.78 Å². The van der Waals surface area contributed by atoms with Crippen molar-refractivity contribution in [2.45, 2.75) is 13.0 Å². The lowest BCUT2D eigenvalue weighted by Crippen LogP contribution is -2.08. The molecule has 0 saturated heterocycles. The molecular weight excluding hydrogens is 326 g/mol. The van der Waals surface area contributed by atoms with Crippen molar-refractivity contribution in [3.63, 3.8) is 0 Å². The van der Waals surface area contributed by atoms with Gasteiger partial charge in [0.2, 0.25) is 0 Å². The Labute approximate surface area is 124 Å². The summed E-state index contributed by atoms with van der Waals surface area (Å²) in [6, 6.07) is 11.0. The Morgan fingerprint density at radius 2 is 1.80 bits per heavy atom. The van der Waals surface area contributed by atoms with Crippen LogP contribution < -0.4 is 5.32 Å². The second kappa shape index (κ2) is 6.02. The summed E-state index contributed by atoms with van der Waals surface area (Å²) in [5.74, 6) is -1.06. The van der Waals surface area contributed by atoms with Gasteiger partial charge in [0.1, 0.15) is 11.6 Å². The van der Waals surface area contributed by atoms with Crippen LogP contribution in [0.5, 0.6) is 0 Å². The van der Waals surface area contributed by atoms with Crippen molar-refractivity contribution >= 4 is 21.6 Å². The number of hydrogen-bond acceptors (Lipinski definition) is 2. The van der Waals surface area contributed by atoms with E-state index in [0.717, 1.165) is 17.7 Å². The SMILES string of the molecule is CC(Nc1cc(F)c(Br)cc1F)c1ccc(C#N)cc1. The summed E-state index contributed by atoms with van der Waals surface area (Å²) in [5.41, 5.74) is 1.54. The quantitative estimate of drug-likeness (QED) is 0.819. The lowest BCUT2D eigenvalue weighted by Gasteiger charge is -2.16. The third-order valence-corrected chi connectivity index (χ3v) is 3.53. The maximum absolute atomic E-state index is 13.7. The molecule has 2 aromatic carbocycles. The average molecular weight is 337 g/mol. The van der Waals surface area contributed by atoms with Crippen LogP contribution in [0.15, 0.2) is 40.9 Å². The van der Waals surface area contributed by atoms with Crippen LogP contribution in [0.4, 0.5) is 14.5 Å². The van der Waals surface area contributed by atoms with Gasteiger partial charge in [-0.3, -0.25) is 0 Å². The van der Waals surface area contributed by atoms with E-state index in [2.05, 4.69) is 21.2 Å². The zero-order chi connectivity index (χ0) is 14.7. The van der Waals surface area contributed by atoms with Gasteiger partial charge >= 0.3 is 0 Å². The van der Waals surface area contributed by atoms with Gasteiger partial charge in [-0.2, -0.15) is 5.26 Å². The first-order valence-corrected chi connectivity index (χ1v) is 6.71. The molecule has 0 amide bonds. The Morgan fingerprint density at radius 1 is 1.15 bits per heavy atom. The largest absolute Gasteiger partial charge is 0.376 e. The molecule has 2 rings (SSSR count). The first kappa shape index (κ1) is 14.5. The Kier molecular flexibility index (Phi) is 4.35. The lowest BCUT2D eigenvalue weighted by molar-refractivity contribution is 0.595. The molecular formula is C15H11BrF2N2. The lowest BCUT2D eigenvalue weighted by atomic mass is 10.1. The minimum atomic E-state index is -0.529. The molecule has 0 aromatic heterocycles. The molecule has 0 heterocycles. The molecule has 0 bridgehead atoms. The van der Waals surface area contributed by atoms with E-state index < -0.39 is 11.6 Å². The van der Waals surface area contributed by atoms with E-state index in [9.17, 15) is 8.78 Å². The summed E-state index contributed by atoms with van der Waals surface area (Å²) in [7, 11) is 0. The third-order valence-electron chi connectivity index (χ3n) is 2.92. The number of anilines is 1. The minimum Gasteiger partial charge on any atom is -0.376 e. The maximum Gasteiger partial charge on any atom is 0.147 e. The average Bonchev–Trinajstić information content (AvgIpc) is 2.44. The highest BCUT2D eigenvalue weighted by molar-refractivity contribution is 9.10. The van der Waals surface area contributed by atoms with Crippen molar-refractivity contribution in [1.29, 1.82) is 5.26 Å². The summed E-state index contributed by atoms with van der Waals surface area (Å²) >= 11 is 2.93. The van der Waals surface area contributed by atoms with Crippen LogP contribution in [0.25, 0.3) is 0 Å². The van der Waals surface area contributed by atoms with E-state index >= 15 is 0 Å². The monoisotopic (exact) mass is 336 g/mol. The molecule has 0 saturated carbocycles. The molecule has 102 valence electrons. The number of rotatable bonds is 3. The maximum atomic E-state index is 13.7. The zero-order valence-electron chi connectivity index (χ0n) is 10.6. The highest BCUT2D eigenvalue weighted by Gasteiger charge is 2.12. The topological polar surface area (TPSA) is 35.8 Å². The van der Waals surface area contributed by atoms with Crippen LogP contribution >= 0.6 is 15.9 Å². The number of benzene rings is 2. The van der Waals surface area contributed by atoms with E-state index in [-0.39, 0.29) is 16.2 Å². The van der Waals surface area contributed by atoms with Gasteiger partial charge in [-0.15, -0.1) is 0 Å². The molecule has 2 nitrogen and oxygen atoms in total. The van der Waals surface area contributed by atoms with E-state index in [1.165, 1.54) is 0 Å². The van der Waals surface area contributed by atoms with Gasteiger partial charge in [0.25, 0.3) is 0 Å². The van der Waals surface area contributed by atoms with Gasteiger partial charge in [-0.1, -0.05) is 12.1 Å². The smallest absolute Gasteiger partial charge is 0.147 e. The second-order valence-electron chi connectivity index (χ2n) is 4.35. The summed E-state index contributed by atoms with van der Waals surface area (Å²) in [5, 5.41) is 11.6. The summed E-state index contributed by atoms with van der Waals surface area (Å²) < 4.78 is 27.2. The Hall–Kier alpha value is -1.93. The van der Waals surface area contributed by atoms with Crippen LogP contribution in [-0.2, 0) is 0 Å². The standard InChI is InChI=1S/C15H11BrF2N2/c1-9(11-4-2-10(8-19)3-5-11)20-15-7-13(17)12(16)6-14(15)18/h2-7,9,20H,1H3. The molecule has 0 aliphatic heterocycles. The Balaban J connectivity index is 2.21. The summed E-state index contributed by atoms with van der Waals surface area (Å²) in [6.45, 7) is 1.83. The predicted octanol–water partition coefficient (Wildman–Crippen LogP) is 4.77. The zero-order valence-corrected chi connectivity index (χ0v) is 12.2. The molecule has 0 spiro atoms. The molecule has 0 aliphatic rings. The molecule has 1 unspecified atom stereocenters. The number of nitrogens with zero attached hydrogens (tertiary/aromatic N) is 1. The van der Waals surface area contributed by atoms with Crippen molar-refractivity contribution in [3.8, 4) is 6.07 Å². The summed E-state index contributed by atoms with van der Waals surface area (Å²) in [4.78, 5) is 0. The first-order chi connectivity index (χ1) is 9.51. The van der Waals surface area contributed by atoms with Gasteiger partial charge < -0.3 is 5.32 Å². The normalized spacial score (nSPS) is 11.8. The van der Waals surface area contributed by atoms with Crippen molar-refractivity contribution in [2.75, 3.05) is 5.32 Å². The Bertz CT molecular complexity index is 663. The third kappa shape index (κ3) is 3.14. The van der Waals surface area contributed by atoms with Gasteiger partial charge in [0, 0.05) is 12.1 Å². The molecule has 1 N–H and O–H groups in total. The van der Waals surface area contributed by atoms with Crippen molar-refractivity contribution in [3.05, 3.63) is 63.6 Å². The molecule has 5 heteroatoms. The number of hydrogen-bond donors (Lipinski definition) is 1. The van der Waals surface area contributed by atoms with Crippen LogP contribution in [0, 0.1) is 23.0 Å². The molecule has 0 radical (unpaired) electrons. The number of nitrogens with one attached hydrogen (secondary N) is 1. The van der Waals surface area contributed by atoms with Gasteiger partial charge in [0.05, 0.1) is 21.8 Å². The fraction of sp³-hybridized carbons (Fsp3) is 0.133. The highest BCUT2D eigenvalue weighted by atomic mass is 79.9. The van der Waals surface area contributed by atoms with Crippen LogP contribution in [0.1, 0.15) is 24.1 Å². The highest BCUT2D eigenvalue weighted by Crippen LogP contribution is 2.26. The number of halogens is 3. The van der Waals surface area contributed by atoms with Crippen LogP contribution in [0.3, 0.4) is 0 Å². The van der Waals surface area contributed by atoms with Gasteiger partial charge in [-0.05, 0) is 46.6 Å². The predicted molar refractivity (Wildman–Crippen MR) is 77.3 cm³/mol. The molecule has 20 heavy (non-hydrogen) atoms. The summed E-state index contributed by atoms with van der Waals surface area (Å²) in [6.07, 6.45) is 0. The molecule has 1 atom stereocenters. The van der Waals surface area contributed by atoms with Crippen molar-refractivity contribution in [2.24, 2.45) is 0 Å². The van der Waals surface area contributed by atoms with Gasteiger partial charge in [0.15, 0.2) is 0 Å². The van der Waals surface area contributed by atoms with Crippen molar-refractivity contribution in [1.82, 2.24) is 0 Å². The second-order valence-corrected chi connectivity index (χ2v) is 5.20. The molecule has 0 aliphatic carbocycles. The van der Waals surface area contributed by atoms with Crippen LogP contribution in [-0.4, -0.2) is 0 Å². The minimum absolute atomic E-state index is 0.0894.